The molecule has 0 aliphatic rings. The van der Waals surface area contributed by atoms with Gasteiger partial charge in [0.2, 0.25) is 0 Å². The molecule has 20 heavy (non-hydrogen) atoms. The van der Waals surface area contributed by atoms with Gasteiger partial charge in [0.15, 0.2) is 0 Å². The summed E-state index contributed by atoms with van der Waals surface area (Å²) >= 11 is 0. The van der Waals surface area contributed by atoms with Crippen LogP contribution < -0.4 is 16.0 Å². The zero-order valence-corrected chi connectivity index (χ0v) is 11.8. The Morgan fingerprint density at radius 2 is 1.90 bits per heavy atom. The molecule has 0 heterocycles. The minimum atomic E-state index is -0.114. The van der Waals surface area contributed by atoms with E-state index < -0.39 is 0 Å². The van der Waals surface area contributed by atoms with Gasteiger partial charge in [-0.1, -0.05) is 36.4 Å². The van der Waals surface area contributed by atoms with Crippen LogP contribution in [0.25, 0.3) is 0 Å². The van der Waals surface area contributed by atoms with Crippen molar-refractivity contribution in [3.05, 3.63) is 59.2 Å². The first kappa shape index (κ1) is 14.4. The van der Waals surface area contributed by atoms with Gasteiger partial charge >= 0.3 is 0 Å². The zero-order valence-electron chi connectivity index (χ0n) is 11.8. The highest BCUT2D eigenvalue weighted by molar-refractivity contribution is 5.49. The highest BCUT2D eigenvalue weighted by Gasteiger charge is 2.14. The van der Waals surface area contributed by atoms with E-state index in [9.17, 15) is 5.11 Å². The van der Waals surface area contributed by atoms with E-state index in [0.717, 1.165) is 16.7 Å². The van der Waals surface area contributed by atoms with Crippen molar-refractivity contribution in [1.29, 1.82) is 0 Å². The van der Waals surface area contributed by atoms with E-state index in [1.807, 2.05) is 56.3 Å². The highest BCUT2D eigenvalue weighted by Crippen LogP contribution is 2.33. The van der Waals surface area contributed by atoms with Crippen molar-refractivity contribution in [2.75, 3.05) is 0 Å². The van der Waals surface area contributed by atoms with Crippen molar-refractivity contribution in [3.63, 3.8) is 0 Å². The fourth-order valence-corrected chi connectivity index (χ4v) is 2.03. The highest BCUT2D eigenvalue weighted by atomic mass is 16.5. The third kappa shape index (κ3) is 3.10. The molecule has 0 amide bonds. The number of phenols is 1. The first-order chi connectivity index (χ1) is 9.63. The summed E-state index contributed by atoms with van der Waals surface area (Å²) in [7, 11) is 0. The van der Waals surface area contributed by atoms with Gasteiger partial charge in [-0.15, -0.1) is 0 Å². The maximum atomic E-state index is 10.2. The Morgan fingerprint density at radius 1 is 1.20 bits per heavy atom. The summed E-state index contributed by atoms with van der Waals surface area (Å²) in [5.74, 6) is 6.31. The van der Waals surface area contributed by atoms with E-state index in [-0.39, 0.29) is 11.8 Å². The van der Waals surface area contributed by atoms with E-state index in [4.69, 9.17) is 10.6 Å². The lowest BCUT2D eigenvalue weighted by Crippen LogP contribution is -2.25. The van der Waals surface area contributed by atoms with E-state index in [2.05, 4.69) is 5.43 Å². The van der Waals surface area contributed by atoms with Crippen molar-refractivity contribution in [2.24, 2.45) is 5.84 Å². The van der Waals surface area contributed by atoms with Crippen LogP contribution in [-0.4, -0.2) is 5.11 Å². The molecule has 106 valence electrons. The zero-order chi connectivity index (χ0) is 14.5. The van der Waals surface area contributed by atoms with Gasteiger partial charge in [0, 0.05) is 17.2 Å². The minimum absolute atomic E-state index is 0.114. The normalized spacial score (nSPS) is 12.2. The average Bonchev–Trinajstić information content (AvgIpc) is 2.49. The second kappa shape index (κ2) is 6.41. The summed E-state index contributed by atoms with van der Waals surface area (Å²) in [6, 6.07) is 13.5. The van der Waals surface area contributed by atoms with Gasteiger partial charge in [0.25, 0.3) is 0 Å². The molecule has 0 saturated heterocycles. The van der Waals surface area contributed by atoms with E-state index >= 15 is 0 Å². The van der Waals surface area contributed by atoms with Crippen molar-refractivity contribution < 1.29 is 9.84 Å². The third-order valence-electron chi connectivity index (χ3n) is 3.37. The molecular formula is C16H20N2O2. The second-order valence-electron chi connectivity index (χ2n) is 4.79. The van der Waals surface area contributed by atoms with Gasteiger partial charge in [-0.3, -0.25) is 11.3 Å². The third-order valence-corrected chi connectivity index (χ3v) is 3.37. The summed E-state index contributed by atoms with van der Waals surface area (Å²) in [6.45, 7) is 4.20. The Balaban J connectivity index is 2.15. The monoisotopic (exact) mass is 272 g/mol. The standard InChI is InChI=1S/C16H20N2O2/c1-11-15(20-10-13-6-4-3-5-7-13)9-8-14(16(11)19)12(2)18-17/h3-9,12,18-19H,10,17H2,1-2H3/t12-/m1/s1. The molecule has 0 fully saturated rings. The van der Waals surface area contributed by atoms with Crippen molar-refractivity contribution in [1.82, 2.24) is 5.43 Å². The maximum Gasteiger partial charge on any atom is 0.126 e. The molecule has 2 aromatic carbocycles. The number of hydrogen-bond acceptors (Lipinski definition) is 4. The van der Waals surface area contributed by atoms with E-state index in [1.54, 1.807) is 0 Å². The summed E-state index contributed by atoms with van der Waals surface area (Å²) in [6.07, 6.45) is 0. The molecule has 0 aliphatic carbocycles. The number of benzene rings is 2. The van der Waals surface area contributed by atoms with Crippen LogP contribution in [0.3, 0.4) is 0 Å². The Kier molecular flexibility index (Phi) is 4.61. The molecule has 4 nitrogen and oxygen atoms in total. The van der Waals surface area contributed by atoms with Gasteiger partial charge in [0.05, 0.1) is 0 Å². The smallest absolute Gasteiger partial charge is 0.126 e. The predicted octanol–water partition coefficient (Wildman–Crippen LogP) is 2.80. The number of aromatic hydroxyl groups is 1. The first-order valence-electron chi connectivity index (χ1n) is 6.58. The SMILES string of the molecule is Cc1c(OCc2ccccc2)ccc([C@@H](C)NN)c1O. The molecule has 2 aromatic rings. The summed E-state index contributed by atoms with van der Waals surface area (Å²) in [5, 5.41) is 10.2. The number of hydrogen-bond donors (Lipinski definition) is 3. The number of hydrazine groups is 1. The van der Waals surface area contributed by atoms with E-state index in [0.29, 0.717) is 12.4 Å². The molecule has 4 N–H and O–H groups in total. The van der Waals surface area contributed by atoms with Crippen molar-refractivity contribution >= 4 is 0 Å². The molecule has 0 unspecified atom stereocenters. The minimum Gasteiger partial charge on any atom is -0.507 e. The lowest BCUT2D eigenvalue weighted by atomic mass is 10.0. The molecule has 0 aromatic heterocycles. The number of phenolic OH excluding ortho intramolecular Hbond substituents is 1. The lowest BCUT2D eigenvalue weighted by Gasteiger charge is -2.16. The Bertz CT molecular complexity index is 570. The van der Waals surface area contributed by atoms with Gasteiger partial charge in [-0.25, -0.2) is 0 Å². The maximum absolute atomic E-state index is 10.2. The second-order valence-corrected chi connectivity index (χ2v) is 4.79. The van der Waals surface area contributed by atoms with Gasteiger partial charge in [-0.05, 0) is 25.5 Å². The molecule has 1 atom stereocenters. The van der Waals surface area contributed by atoms with E-state index in [1.165, 1.54) is 0 Å². The number of nitrogens with two attached hydrogens (primary N) is 1. The predicted molar refractivity (Wildman–Crippen MR) is 79.4 cm³/mol. The average molecular weight is 272 g/mol. The number of nitrogens with one attached hydrogen (secondary N) is 1. The Labute approximate surface area is 119 Å². The quantitative estimate of drug-likeness (QED) is 0.578. The fourth-order valence-electron chi connectivity index (χ4n) is 2.03. The summed E-state index contributed by atoms with van der Waals surface area (Å²) < 4.78 is 5.76. The Morgan fingerprint density at radius 3 is 2.55 bits per heavy atom. The number of ether oxygens (including phenoxy) is 1. The first-order valence-corrected chi connectivity index (χ1v) is 6.58. The van der Waals surface area contributed by atoms with Crippen LogP contribution in [0.4, 0.5) is 0 Å². The van der Waals surface area contributed by atoms with Crippen LogP contribution in [0.5, 0.6) is 11.5 Å². The van der Waals surface area contributed by atoms with Gasteiger partial charge in [0.1, 0.15) is 18.1 Å². The lowest BCUT2D eigenvalue weighted by molar-refractivity contribution is 0.301. The summed E-state index contributed by atoms with van der Waals surface area (Å²) in [4.78, 5) is 0. The molecule has 0 bridgehead atoms. The van der Waals surface area contributed by atoms with Gasteiger partial charge < -0.3 is 9.84 Å². The Hall–Kier alpha value is -2.04. The van der Waals surface area contributed by atoms with Crippen LogP contribution >= 0.6 is 0 Å². The van der Waals surface area contributed by atoms with Crippen LogP contribution in [0.1, 0.15) is 29.7 Å². The van der Waals surface area contributed by atoms with Crippen LogP contribution in [-0.2, 0) is 6.61 Å². The van der Waals surface area contributed by atoms with Crippen LogP contribution in [0.15, 0.2) is 42.5 Å². The number of rotatable bonds is 5. The molecular weight excluding hydrogens is 252 g/mol. The van der Waals surface area contributed by atoms with Crippen molar-refractivity contribution in [2.45, 2.75) is 26.5 Å². The van der Waals surface area contributed by atoms with Crippen LogP contribution in [0.2, 0.25) is 0 Å². The molecule has 4 heteroatoms. The summed E-state index contributed by atoms with van der Waals surface area (Å²) in [5.41, 5.74) is 5.20. The van der Waals surface area contributed by atoms with Crippen molar-refractivity contribution in [3.8, 4) is 11.5 Å². The molecule has 0 radical (unpaired) electrons. The fraction of sp³-hybridized carbons (Fsp3) is 0.250. The molecule has 0 aliphatic heterocycles. The largest absolute Gasteiger partial charge is 0.507 e. The van der Waals surface area contributed by atoms with Gasteiger partial charge in [-0.2, -0.15) is 0 Å². The van der Waals surface area contributed by atoms with Crippen LogP contribution in [0, 0.1) is 6.92 Å². The molecule has 0 saturated carbocycles. The topological polar surface area (TPSA) is 67.5 Å². The molecule has 2 rings (SSSR count). The molecule has 0 spiro atoms.